The fourth-order valence-corrected chi connectivity index (χ4v) is 1.55. The van der Waals surface area contributed by atoms with E-state index in [0.717, 1.165) is 25.8 Å². The molecule has 0 fully saturated rings. The van der Waals surface area contributed by atoms with Crippen LogP contribution < -0.4 is 11.1 Å². The van der Waals surface area contributed by atoms with Crippen LogP contribution in [0.15, 0.2) is 0 Å². The molecule has 3 N–H and O–H groups in total. The van der Waals surface area contributed by atoms with Crippen LogP contribution in [0.1, 0.15) is 46.0 Å². The van der Waals surface area contributed by atoms with E-state index in [2.05, 4.69) is 5.32 Å². The van der Waals surface area contributed by atoms with Crippen LogP contribution in [0.5, 0.6) is 0 Å². The lowest BCUT2D eigenvalue weighted by molar-refractivity contribution is -0.127. The van der Waals surface area contributed by atoms with Gasteiger partial charge in [0.1, 0.15) is 5.54 Å². The second kappa shape index (κ2) is 9.32. The van der Waals surface area contributed by atoms with E-state index in [9.17, 15) is 9.59 Å². The van der Waals surface area contributed by atoms with Crippen molar-refractivity contribution in [3.8, 4) is 6.07 Å². The zero-order chi connectivity index (χ0) is 15.6. The van der Waals surface area contributed by atoms with Gasteiger partial charge in [0.25, 0.3) is 0 Å². The molecule has 6 heteroatoms. The monoisotopic (exact) mass is 282 g/mol. The lowest BCUT2D eigenvalue weighted by Crippen LogP contribution is -2.36. The van der Waals surface area contributed by atoms with Gasteiger partial charge in [-0.2, -0.15) is 5.26 Å². The highest BCUT2D eigenvalue weighted by molar-refractivity contribution is 5.76. The minimum absolute atomic E-state index is 0.0700. The average Bonchev–Trinajstić information content (AvgIpc) is 2.40. The molecule has 0 spiro atoms. The van der Waals surface area contributed by atoms with Gasteiger partial charge in [0, 0.05) is 33.5 Å². The third-order valence-electron chi connectivity index (χ3n) is 3.16. The first-order chi connectivity index (χ1) is 9.28. The van der Waals surface area contributed by atoms with E-state index in [1.165, 1.54) is 0 Å². The van der Waals surface area contributed by atoms with Crippen LogP contribution in [0.2, 0.25) is 0 Å². The van der Waals surface area contributed by atoms with E-state index in [1.807, 2.05) is 6.07 Å². The molecule has 20 heavy (non-hydrogen) atoms. The maximum atomic E-state index is 11.5. The van der Waals surface area contributed by atoms with E-state index < -0.39 is 5.54 Å². The van der Waals surface area contributed by atoms with Crippen LogP contribution >= 0.6 is 0 Å². The molecule has 0 bridgehead atoms. The van der Waals surface area contributed by atoms with Crippen molar-refractivity contribution in [2.75, 3.05) is 20.1 Å². The Kier molecular flexibility index (Phi) is 8.57. The second-order valence-electron chi connectivity index (χ2n) is 5.38. The zero-order valence-corrected chi connectivity index (χ0v) is 12.7. The van der Waals surface area contributed by atoms with Crippen LogP contribution in [-0.4, -0.2) is 42.4 Å². The minimum atomic E-state index is -0.936. The molecule has 0 aromatic carbocycles. The summed E-state index contributed by atoms with van der Waals surface area (Å²) in [5.74, 6) is -0.00147. The van der Waals surface area contributed by atoms with Gasteiger partial charge in [-0.05, 0) is 32.6 Å². The molecule has 0 radical (unpaired) electrons. The summed E-state index contributed by atoms with van der Waals surface area (Å²) in [6, 6.07) is 1.97. The molecule has 1 unspecified atom stereocenters. The molecule has 0 rings (SSSR count). The smallest absolute Gasteiger partial charge is 0.220 e. The average molecular weight is 282 g/mol. The highest BCUT2D eigenvalue weighted by atomic mass is 16.2. The quantitative estimate of drug-likeness (QED) is 0.610. The number of nitriles is 1. The van der Waals surface area contributed by atoms with Crippen molar-refractivity contribution in [1.82, 2.24) is 10.2 Å². The van der Waals surface area contributed by atoms with Gasteiger partial charge in [0.05, 0.1) is 6.07 Å². The topological polar surface area (TPSA) is 99.2 Å². The van der Waals surface area contributed by atoms with Crippen molar-refractivity contribution in [3.63, 3.8) is 0 Å². The van der Waals surface area contributed by atoms with Crippen LogP contribution in [-0.2, 0) is 9.59 Å². The van der Waals surface area contributed by atoms with Crippen molar-refractivity contribution in [3.05, 3.63) is 0 Å². The highest BCUT2D eigenvalue weighted by Crippen LogP contribution is 2.06. The summed E-state index contributed by atoms with van der Waals surface area (Å²) in [4.78, 5) is 24.2. The number of nitrogens with zero attached hydrogens (tertiary/aromatic N) is 2. The Hall–Kier alpha value is -1.61. The molecule has 6 nitrogen and oxygen atoms in total. The van der Waals surface area contributed by atoms with Gasteiger partial charge in [0.2, 0.25) is 11.8 Å². The van der Waals surface area contributed by atoms with E-state index in [-0.39, 0.29) is 18.2 Å². The Balaban J connectivity index is 3.54. The zero-order valence-electron chi connectivity index (χ0n) is 12.7. The number of nitrogens with one attached hydrogen (secondary N) is 1. The number of rotatable bonds is 9. The minimum Gasteiger partial charge on any atom is -0.356 e. The van der Waals surface area contributed by atoms with E-state index in [0.29, 0.717) is 13.0 Å². The van der Waals surface area contributed by atoms with E-state index >= 15 is 0 Å². The summed E-state index contributed by atoms with van der Waals surface area (Å²) < 4.78 is 0. The predicted octanol–water partition coefficient (Wildman–Crippen LogP) is 0.772. The molecular formula is C14H26N4O2. The van der Waals surface area contributed by atoms with Gasteiger partial charge in [-0.15, -0.1) is 0 Å². The molecule has 0 aliphatic carbocycles. The molecule has 2 amide bonds. The second-order valence-corrected chi connectivity index (χ2v) is 5.38. The van der Waals surface area contributed by atoms with Crippen LogP contribution in [0.3, 0.4) is 0 Å². The Labute approximate surface area is 121 Å². The molecule has 0 aliphatic rings. The van der Waals surface area contributed by atoms with Crippen molar-refractivity contribution in [2.45, 2.75) is 51.5 Å². The van der Waals surface area contributed by atoms with Crippen LogP contribution in [0.4, 0.5) is 0 Å². The molecule has 0 heterocycles. The number of hydrogen-bond donors (Lipinski definition) is 2. The van der Waals surface area contributed by atoms with Gasteiger partial charge in [-0.1, -0.05) is 0 Å². The van der Waals surface area contributed by atoms with Crippen molar-refractivity contribution in [1.29, 1.82) is 5.26 Å². The normalized spacial score (nSPS) is 13.2. The van der Waals surface area contributed by atoms with Crippen molar-refractivity contribution >= 4 is 11.8 Å². The van der Waals surface area contributed by atoms with Crippen LogP contribution in [0.25, 0.3) is 0 Å². The van der Waals surface area contributed by atoms with Gasteiger partial charge < -0.3 is 16.0 Å². The molecule has 0 aromatic heterocycles. The predicted molar refractivity (Wildman–Crippen MR) is 77.6 cm³/mol. The first kappa shape index (κ1) is 18.4. The van der Waals surface area contributed by atoms with Gasteiger partial charge in [-0.3, -0.25) is 9.59 Å². The first-order valence-electron chi connectivity index (χ1n) is 6.97. The molecule has 0 aromatic rings. The lowest BCUT2D eigenvalue weighted by atomic mass is 9.99. The maximum Gasteiger partial charge on any atom is 0.220 e. The van der Waals surface area contributed by atoms with E-state index in [1.54, 1.807) is 25.8 Å². The van der Waals surface area contributed by atoms with Gasteiger partial charge >= 0.3 is 0 Å². The Morgan fingerprint density at radius 2 is 2.00 bits per heavy atom. The van der Waals surface area contributed by atoms with Crippen LogP contribution in [0, 0.1) is 11.3 Å². The fraction of sp³-hybridized carbons (Fsp3) is 0.786. The summed E-state index contributed by atoms with van der Waals surface area (Å²) >= 11 is 0. The first-order valence-corrected chi connectivity index (χ1v) is 6.97. The number of hydrogen-bond acceptors (Lipinski definition) is 4. The number of unbranched alkanes of at least 4 members (excludes halogenated alkanes) is 2. The third-order valence-corrected chi connectivity index (χ3v) is 3.16. The van der Waals surface area contributed by atoms with Crippen molar-refractivity contribution < 1.29 is 9.59 Å². The number of carbonyl (C=O) groups is 2. The summed E-state index contributed by atoms with van der Waals surface area (Å²) in [6.45, 7) is 4.53. The summed E-state index contributed by atoms with van der Waals surface area (Å²) in [7, 11) is 1.78. The maximum absolute atomic E-state index is 11.5. The van der Waals surface area contributed by atoms with Gasteiger partial charge in [0.15, 0.2) is 0 Å². The SMILES string of the molecule is CC(=O)N(C)CCCCCNC(=O)CCC(C)(N)C#N. The molecule has 0 saturated heterocycles. The van der Waals surface area contributed by atoms with E-state index in [4.69, 9.17) is 11.0 Å². The third kappa shape index (κ3) is 9.34. The number of carbonyl (C=O) groups excluding carboxylic acids is 2. The Morgan fingerprint density at radius 3 is 2.55 bits per heavy atom. The number of amides is 2. The van der Waals surface area contributed by atoms with Crippen molar-refractivity contribution in [2.24, 2.45) is 5.73 Å². The highest BCUT2D eigenvalue weighted by Gasteiger charge is 2.18. The Morgan fingerprint density at radius 1 is 1.35 bits per heavy atom. The fourth-order valence-electron chi connectivity index (χ4n) is 1.55. The summed E-state index contributed by atoms with van der Waals surface area (Å²) in [5, 5.41) is 11.5. The molecule has 0 saturated carbocycles. The standard InChI is InChI=1S/C14H26N4O2/c1-12(19)18(3)10-6-4-5-9-17-13(20)7-8-14(2,16)11-15/h4-10,16H2,1-3H3,(H,17,20). The largest absolute Gasteiger partial charge is 0.356 e. The molecular weight excluding hydrogens is 256 g/mol. The molecule has 0 aliphatic heterocycles. The van der Waals surface area contributed by atoms with Gasteiger partial charge in [-0.25, -0.2) is 0 Å². The summed E-state index contributed by atoms with van der Waals surface area (Å²) in [6.07, 6.45) is 3.41. The molecule has 1 atom stereocenters. The summed E-state index contributed by atoms with van der Waals surface area (Å²) in [5.41, 5.74) is 4.70. The molecule has 114 valence electrons. The number of nitrogens with two attached hydrogens (primary N) is 1. The Bertz CT molecular complexity index is 361. The lowest BCUT2D eigenvalue weighted by Gasteiger charge is -2.15.